The number of hydrogen-bond donors (Lipinski definition) is 0. The van der Waals surface area contributed by atoms with E-state index in [1.165, 1.54) is 12.1 Å². The van der Waals surface area contributed by atoms with E-state index in [4.69, 9.17) is 22.7 Å². The maximum absolute atomic E-state index is 14.0. The van der Waals surface area contributed by atoms with Crippen LogP contribution < -0.4 is 0 Å². The highest BCUT2D eigenvalue weighted by Crippen LogP contribution is 2.52. The van der Waals surface area contributed by atoms with Crippen molar-refractivity contribution in [2.45, 2.75) is 37.6 Å². The van der Waals surface area contributed by atoms with Crippen LogP contribution in [0.5, 0.6) is 0 Å². The third kappa shape index (κ3) is 9.91. The molecule has 0 bridgehead atoms. The van der Waals surface area contributed by atoms with Gasteiger partial charge in [0, 0.05) is 0 Å². The molecule has 220 valence electrons. The van der Waals surface area contributed by atoms with Crippen LogP contribution in [-0.4, -0.2) is 46.8 Å². The molecule has 0 aliphatic heterocycles. The van der Waals surface area contributed by atoms with Crippen molar-refractivity contribution >= 4 is 29.7 Å². The number of rotatable bonds is 15. The second-order valence-corrected chi connectivity index (χ2v) is 12.8. The van der Waals surface area contributed by atoms with E-state index in [1.54, 1.807) is 67.6 Å². The highest BCUT2D eigenvalue weighted by Gasteiger charge is 2.39. The van der Waals surface area contributed by atoms with Gasteiger partial charge in [0.1, 0.15) is 0 Å². The Balaban J connectivity index is 1.87. The van der Waals surface area contributed by atoms with Crippen molar-refractivity contribution in [1.82, 2.24) is 0 Å². The van der Waals surface area contributed by atoms with Crippen LogP contribution in [0.3, 0.4) is 0 Å². The first-order valence-electron chi connectivity index (χ1n) is 12.7. The standard InChI is InChI=1S/C29H33O10PS/c1-22-14-16-26(17-15-22)41(33,34)39-27(29(31)36-3)18-25(28(30)35-2)21-40(32,37-19-23-10-6-4-7-11-23)38-20-24-12-8-5-9-13-24/h4-17,25,27H,18-21H2,1-3H3/t25?,27-/m1/s1. The summed E-state index contributed by atoms with van der Waals surface area (Å²) in [6.45, 7) is 1.62. The topological polar surface area (TPSA) is 132 Å². The lowest BCUT2D eigenvalue weighted by Crippen LogP contribution is -2.34. The lowest BCUT2D eigenvalue weighted by atomic mass is 10.0. The minimum Gasteiger partial charge on any atom is -0.469 e. The highest BCUT2D eigenvalue weighted by molar-refractivity contribution is 7.86. The van der Waals surface area contributed by atoms with Gasteiger partial charge < -0.3 is 18.5 Å². The summed E-state index contributed by atoms with van der Waals surface area (Å²) in [6.07, 6.45) is -2.79. The van der Waals surface area contributed by atoms with Crippen LogP contribution in [-0.2, 0) is 60.2 Å². The van der Waals surface area contributed by atoms with Crippen LogP contribution in [0.25, 0.3) is 0 Å². The predicted octanol–water partition coefficient (Wildman–Crippen LogP) is 5.05. The minimum atomic E-state index is -4.43. The molecular weight excluding hydrogens is 571 g/mol. The molecule has 41 heavy (non-hydrogen) atoms. The van der Waals surface area contributed by atoms with Gasteiger partial charge in [-0.2, -0.15) is 8.42 Å². The fourth-order valence-corrected chi connectivity index (χ4v) is 6.66. The zero-order valence-electron chi connectivity index (χ0n) is 23.0. The molecule has 0 saturated heterocycles. The Morgan fingerprint density at radius 1 is 0.756 bits per heavy atom. The van der Waals surface area contributed by atoms with Crippen molar-refractivity contribution in [3.63, 3.8) is 0 Å². The van der Waals surface area contributed by atoms with Crippen molar-refractivity contribution in [2.75, 3.05) is 20.4 Å². The van der Waals surface area contributed by atoms with E-state index < -0.39 is 54.3 Å². The molecule has 0 aliphatic rings. The Labute approximate surface area is 240 Å². The normalized spacial score (nSPS) is 13.2. The summed E-state index contributed by atoms with van der Waals surface area (Å²) in [4.78, 5) is 25.3. The summed E-state index contributed by atoms with van der Waals surface area (Å²) in [5.41, 5.74) is 2.25. The van der Waals surface area contributed by atoms with Crippen molar-refractivity contribution in [2.24, 2.45) is 5.92 Å². The summed E-state index contributed by atoms with van der Waals surface area (Å²) < 4.78 is 66.3. The minimum absolute atomic E-state index is 0.0838. The van der Waals surface area contributed by atoms with Crippen LogP contribution in [0, 0.1) is 12.8 Å². The van der Waals surface area contributed by atoms with E-state index in [0.29, 0.717) is 11.1 Å². The molecule has 2 atom stereocenters. The van der Waals surface area contributed by atoms with Gasteiger partial charge in [-0.15, -0.1) is 0 Å². The number of carbonyl (C=O) groups is 2. The summed E-state index contributed by atoms with van der Waals surface area (Å²) in [6, 6.07) is 23.7. The van der Waals surface area contributed by atoms with E-state index in [9.17, 15) is 22.6 Å². The molecule has 1 unspecified atom stereocenters. The van der Waals surface area contributed by atoms with Crippen LogP contribution in [0.2, 0.25) is 0 Å². The molecule has 12 heteroatoms. The van der Waals surface area contributed by atoms with Crippen LogP contribution >= 0.6 is 7.60 Å². The molecule has 0 N–H and O–H groups in total. The van der Waals surface area contributed by atoms with Gasteiger partial charge in [-0.1, -0.05) is 78.4 Å². The molecule has 0 amide bonds. The highest BCUT2D eigenvalue weighted by atomic mass is 32.2. The number of hydrogen-bond acceptors (Lipinski definition) is 10. The summed E-state index contributed by atoms with van der Waals surface area (Å²) in [7, 11) is -6.30. The average molecular weight is 605 g/mol. The Hall–Kier alpha value is -3.34. The average Bonchev–Trinajstić information content (AvgIpc) is 2.98. The quantitative estimate of drug-likeness (QED) is 0.132. The number of ether oxygens (including phenoxy) is 2. The van der Waals surface area contributed by atoms with E-state index in [-0.39, 0.29) is 18.1 Å². The number of esters is 2. The van der Waals surface area contributed by atoms with Gasteiger partial charge in [0.15, 0.2) is 6.10 Å². The van der Waals surface area contributed by atoms with Gasteiger partial charge in [0.25, 0.3) is 10.1 Å². The predicted molar refractivity (Wildman–Crippen MR) is 150 cm³/mol. The lowest BCUT2D eigenvalue weighted by Gasteiger charge is -2.25. The van der Waals surface area contributed by atoms with E-state index in [0.717, 1.165) is 19.8 Å². The summed E-state index contributed by atoms with van der Waals surface area (Å²) >= 11 is 0. The van der Waals surface area contributed by atoms with Gasteiger partial charge in [0.2, 0.25) is 0 Å². The maximum atomic E-state index is 14.0. The molecule has 3 aromatic rings. The van der Waals surface area contributed by atoms with Gasteiger partial charge in [-0.3, -0.25) is 13.5 Å². The molecule has 0 spiro atoms. The largest absolute Gasteiger partial charge is 0.469 e. The van der Waals surface area contributed by atoms with Gasteiger partial charge in [-0.05, 0) is 36.6 Å². The molecule has 0 saturated carbocycles. The Kier molecular flexibility index (Phi) is 11.8. The third-order valence-corrected chi connectivity index (χ3v) is 9.30. The van der Waals surface area contributed by atoms with E-state index in [2.05, 4.69) is 0 Å². The molecule has 3 aromatic carbocycles. The zero-order chi connectivity index (χ0) is 29.9. The van der Waals surface area contributed by atoms with Crippen molar-refractivity contribution in [3.05, 3.63) is 102 Å². The first-order valence-corrected chi connectivity index (χ1v) is 15.8. The summed E-state index contributed by atoms with van der Waals surface area (Å²) in [5, 5.41) is 0. The third-order valence-electron chi connectivity index (χ3n) is 6.04. The van der Waals surface area contributed by atoms with Crippen molar-refractivity contribution in [1.29, 1.82) is 0 Å². The fourth-order valence-electron chi connectivity index (χ4n) is 3.80. The number of aryl methyl sites for hydroxylation is 1. The number of benzene rings is 3. The van der Waals surface area contributed by atoms with Crippen LogP contribution in [0.1, 0.15) is 23.1 Å². The molecule has 3 rings (SSSR count). The Bertz CT molecular complexity index is 1380. The second kappa shape index (κ2) is 15.0. The van der Waals surface area contributed by atoms with Crippen LogP contribution in [0.15, 0.2) is 89.8 Å². The fraction of sp³-hybridized carbons (Fsp3) is 0.310. The Morgan fingerprint density at radius 3 is 1.71 bits per heavy atom. The maximum Gasteiger partial charge on any atom is 0.336 e. The van der Waals surface area contributed by atoms with Gasteiger partial charge >= 0.3 is 19.5 Å². The first kappa shape index (κ1) is 32.2. The molecule has 0 radical (unpaired) electrons. The molecular formula is C29H33O10PS. The Morgan fingerprint density at radius 2 is 1.24 bits per heavy atom. The summed E-state index contributed by atoms with van der Waals surface area (Å²) in [5.74, 6) is -3.21. The molecule has 0 heterocycles. The first-order chi connectivity index (χ1) is 19.5. The SMILES string of the molecule is COC(=O)C(C[C@@H](OS(=O)(=O)c1ccc(C)cc1)C(=O)OC)CP(=O)(OCc1ccccc1)OCc1ccccc1. The smallest absolute Gasteiger partial charge is 0.336 e. The van der Waals surface area contributed by atoms with Crippen LogP contribution in [0.4, 0.5) is 0 Å². The molecule has 10 nitrogen and oxygen atoms in total. The van der Waals surface area contributed by atoms with Gasteiger partial charge in [0.05, 0.1) is 44.4 Å². The number of carbonyl (C=O) groups excluding carboxylic acids is 2. The lowest BCUT2D eigenvalue weighted by molar-refractivity contribution is -0.152. The van der Waals surface area contributed by atoms with E-state index >= 15 is 0 Å². The number of methoxy groups -OCH3 is 2. The zero-order valence-corrected chi connectivity index (χ0v) is 24.7. The molecule has 0 aliphatic carbocycles. The molecule has 0 fully saturated rings. The van der Waals surface area contributed by atoms with Crippen molar-refractivity contribution in [3.8, 4) is 0 Å². The van der Waals surface area contributed by atoms with Crippen molar-refractivity contribution < 1.29 is 45.3 Å². The van der Waals surface area contributed by atoms with E-state index in [1.807, 2.05) is 12.1 Å². The van der Waals surface area contributed by atoms with Gasteiger partial charge in [-0.25, -0.2) is 4.79 Å². The monoisotopic (exact) mass is 604 g/mol. The second-order valence-electron chi connectivity index (χ2n) is 9.14. The molecule has 0 aromatic heterocycles.